The van der Waals surface area contributed by atoms with Crippen molar-refractivity contribution in [3.05, 3.63) is 95.1 Å². The lowest BCUT2D eigenvalue weighted by molar-refractivity contribution is 0.0745. The van der Waals surface area contributed by atoms with Gasteiger partial charge in [0.05, 0.1) is 11.4 Å². The Morgan fingerprint density at radius 2 is 1.39 bits per heavy atom. The van der Waals surface area contributed by atoms with E-state index in [-0.39, 0.29) is 29.5 Å². The molecule has 0 atom stereocenters. The van der Waals surface area contributed by atoms with Crippen LogP contribution in [0.15, 0.2) is 66.7 Å². The number of nitrogens with one attached hydrogen (secondary N) is 2. The lowest BCUT2D eigenvalue weighted by Gasteiger charge is -2.37. The van der Waals surface area contributed by atoms with Crippen molar-refractivity contribution >= 4 is 29.1 Å². The fourth-order valence-corrected chi connectivity index (χ4v) is 5.38. The fraction of sp³-hybridized carbons (Fsp3) is 0.323. The molecule has 10 heteroatoms. The number of amides is 3. The maximum absolute atomic E-state index is 13.7. The van der Waals surface area contributed by atoms with Gasteiger partial charge in [0.15, 0.2) is 0 Å². The number of hydrogen-bond donors (Lipinski definition) is 3. The third-order valence-electron chi connectivity index (χ3n) is 7.67. The third kappa shape index (κ3) is 6.89. The van der Waals surface area contributed by atoms with Crippen molar-refractivity contribution in [2.75, 3.05) is 36.4 Å². The minimum atomic E-state index is -0.804. The van der Waals surface area contributed by atoms with E-state index >= 15 is 0 Å². The van der Waals surface area contributed by atoms with Gasteiger partial charge in [0.25, 0.3) is 17.7 Å². The zero-order valence-electron chi connectivity index (χ0n) is 22.6. The molecule has 1 aliphatic carbocycles. The summed E-state index contributed by atoms with van der Waals surface area (Å²) in [4.78, 5) is 42.6. The molecular weight excluding hydrogens is 528 g/mol. The van der Waals surface area contributed by atoms with Gasteiger partial charge in [0, 0.05) is 61.0 Å². The van der Waals surface area contributed by atoms with Crippen molar-refractivity contribution < 1.29 is 23.2 Å². The normalized spacial score (nSPS) is 19.0. The van der Waals surface area contributed by atoms with Crippen LogP contribution in [0.3, 0.4) is 0 Å². The van der Waals surface area contributed by atoms with Crippen LogP contribution in [-0.4, -0.2) is 60.9 Å². The minimum absolute atomic E-state index is 0.0397. The van der Waals surface area contributed by atoms with E-state index in [0.717, 1.165) is 43.9 Å². The first-order valence-electron chi connectivity index (χ1n) is 13.8. The number of anilines is 2. The molecular formula is C31H33F2N5O3. The Balaban J connectivity index is 1.33. The van der Waals surface area contributed by atoms with Gasteiger partial charge in [-0.15, -0.1) is 0 Å². The molecule has 3 amide bonds. The smallest absolute Gasteiger partial charge is 0.255 e. The van der Waals surface area contributed by atoms with E-state index in [9.17, 15) is 23.2 Å². The quantitative estimate of drug-likeness (QED) is 0.419. The molecule has 0 aromatic heterocycles. The molecule has 4 N–H and O–H groups in total. The average molecular weight is 562 g/mol. The van der Waals surface area contributed by atoms with Gasteiger partial charge in [-0.05, 0) is 68.1 Å². The Labute approximate surface area is 237 Å². The van der Waals surface area contributed by atoms with Gasteiger partial charge < -0.3 is 26.2 Å². The molecule has 1 saturated carbocycles. The third-order valence-corrected chi connectivity index (χ3v) is 7.67. The molecule has 214 valence electrons. The van der Waals surface area contributed by atoms with Crippen molar-refractivity contribution in [3.8, 4) is 0 Å². The van der Waals surface area contributed by atoms with Gasteiger partial charge in [-0.3, -0.25) is 14.4 Å². The molecule has 1 heterocycles. The summed E-state index contributed by atoms with van der Waals surface area (Å²) < 4.78 is 27.3. The molecule has 2 fully saturated rings. The van der Waals surface area contributed by atoms with Crippen LogP contribution in [0.2, 0.25) is 0 Å². The van der Waals surface area contributed by atoms with Crippen LogP contribution < -0.4 is 21.3 Å². The van der Waals surface area contributed by atoms with Gasteiger partial charge >= 0.3 is 0 Å². The van der Waals surface area contributed by atoms with Crippen LogP contribution in [0.5, 0.6) is 0 Å². The highest BCUT2D eigenvalue weighted by molar-refractivity contribution is 6.07. The highest BCUT2D eigenvalue weighted by Gasteiger charge is 2.26. The summed E-state index contributed by atoms with van der Waals surface area (Å²) in [5.41, 5.74) is 8.04. The predicted molar refractivity (Wildman–Crippen MR) is 153 cm³/mol. The molecule has 3 aromatic rings. The maximum Gasteiger partial charge on any atom is 0.255 e. The summed E-state index contributed by atoms with van der Waals surface area (Å²) in [5, 5.41) is 6.05. The standard InChI is InChI=1S/C31H33F2N5O3/c32-23-16-22(17-24(33)19-23)31(41)38-14-12-37(13-15-38)28-11-6-21(30(40)35-26-9-7-25(34)8-10-26)18-27(28)36-29(39)20-4-2-1-3-5-20/h1-6,11,16-19,25-26H,7-10,12-15,34H2,(H,35,40)(H,36,39). The van der Waals surface area contributed by atoms with Crippen LogP contribution in [0.25, 0.3) is 0 Å². The summed E-state index contributed by atoms with van der Waals surface area (Å²) in [7, 11) is 0. The fourth-order valence-electron chi connectivity index (χ4n) is 5.38. The minimum Gasteiger partial charge on any atom is -0.366 e. The molecule has 0 unspecified atom stereocenters. The van der Waals surface area contributed by atoms with E-state index < -0.39 is 17.5 Å². The van der Waals surface area contributed by atoms with E-state index in [1.807, 2.05) is 11.0 Å². The highest BCUT2D eigenvalue weighted by atomic mass is 19.1. The Hall–Kier alpha value is -4.31. The van der Waals surface area contributed by atoms with Gasteiger partial charge in [-0.25, -0.2) is 8.78 Å². The first-order chi connectivity index (χ1) is 19.8. The van der Waals surface area contributed by atoms with Gasteiger partial charge in [0.1, 0.15) is 11.6 Å². The molecule has 0 bridgehead atoms. The summed E-state index contributed by atoms with van der Waals surface area (Å²) in [6, 6.07) is 17.0. The molecule has 2 aliphatic rings. The number of carbonyl (C=O) groups excluding carboxylic acids is 3. The number of hydrogen-bond acceptors (Lipinski definition) is 5. The summed E-state index contributed by atoms with van der Waals surface area (Å²) in [6.45, 7) is 1.47. The largest absolute Gasteiger partial charge is 0.366 e. The summed E-state index contributed by atoms with van der Waals surface area (Å²) in [5.74, 6) is -2.59. The Bertz CT molecular complexity index is 1400. The molecule has 8 nitrogen and oxygen atoms in total. The number of rotatable bonds is 6. The predicted octanol–water partition coefficient (Wildman–Crippen LogP) is 4.18. The number of nitrogens with two attached hydrogens (primary N) is 1. The lowest BCUT2D eigenvalue weighted by Crippen LogP contribution is -2.49. The molecule has 1 aliphatic heterocycles. The van der Waals surface area contributed by atoms with Crippen LogP contribution >= 0.6 is 0 Å². The van der Waals surface area contributed by atoms with Crippen LogP contribution in [0.4, 0.5) is 20.2 Å². The average Bonchev–Trinajstić information content (AvgIpc) is 2.98. The molecule has 0 radical (unpaired) electrons. The maximum atomic E-state index is 13.7. The van der Waals surface area contributed by atoms with Crippen LogP contribution in [0, 0.1) is 11.6 Å². The van der Waals surface area contributed by atoms with Crippen LogP contribution in [0.1, 0.15) is 56.8 Å². The van der Waals surface area contributed by atoms with Crippen LogP contribution in [-0.2, 0) is 0 Å². The SMILES string of the molecule is NC1CCC(NC(=O)c2ccc(N3CCN(C(=O)c4cc(F)cc(F)c4)CC3)c(NC(=O)c3ccccc3)c2)CC1. The molecule has 3 aromatic carbocycles. The van der Waals surface area contributed by atoms with Crippen molar-refractivity contribution in [2.24, 2.45) is 5.73 Å². The molecule has 1 saturated heterocycles. The van der Waals surface area contributed by atoms with Gasteiger partial charge in [-0.1, -0.05) is 18.2 Å². The first kappa shape index (κ1) is 28.2. The molecule has 0 spiro atoms. The second kappa shape index (κ2) is 12.5. The number of halogens is 2. The number of piperazine rings is 1. The summed E-state index contributed by atoms with van der Waals surface area (Å²) in [6.07, 6.45) is 3.39. The van der Waals surface area contributed by atoms with E-state index in [1.165, 1.54) is 0 Å². The van der Waals surface area contributed by atoms with E-state index in [2.05, 4.69) is 10.6 Å². The molecule has 41 heavy (non-hydrogen) atoms. The second-order valence-electron chi connectivity index (χ2n) is 10.6. The number of benzene rings is 3. The zero-order chi connectivity index (χ0) is 28.9. The van der Waals surface area contributed by atoms with E-state index in [1.54, 1.807) is 47.4 Å². The topological polar surface area (TPSA) is 108 Å². The first-order valence-corrected chi connectivity index (χ1v) is 13.8. The van der Waals surface area contributed by atoms with E-state index in [4.69, 9.17) is 5.73 Å². The van der Waals surface area contributed by atoms with E-state index in [0.29, 0.717) is 48.7 Å². The van der Waals surface area contributed by atoms with Crippen molar-refractivity contribution in [1.29, 1.82) is 0 Å². The zero-order valence-corrected chi connectivity index (χ0v) is 22.6. The van der Waals surface area contributed by atoms with Gasteiger partial charge in [0.2, 0.25) is 0 Å². The Morgan fingerprint density at radius 1 is 0.732 bits per heavy atom. The Morgan fingerprint density at radius 3 is 2.05 bits per heavy atom. The van der Waals surface area contributed by atoms with Gasteiger partial charge in [-0.2, -0.15) is 0 Å². The number of carbonyl (C=O) groups is 3. The summed E-state index contributed by atoms with van der Waals surface area (Å²) >= 11 is 0. The van der Waals surface area contributed by atoms with Crippen molar-refractivity contribution in [1.82, 2.24) is 10.2 Å². The monoisotopic (exact) mass is 561 g/mol. The van der Waals surface area contributed by atoms with Crippen molar-refractivity contribution in [2.45, 2.75) is 37.8 Å². The highest BCUT2D eigenvalue weighted by Crippen LogP contribution is 2.30. The van der Waals surface area contributed by atoms with Crippen molar-refractivity contribution in [3.63, 3.8) is 0 Å². The Kier molecular flexibility index (Phi) is 8.58. The second-order valence-corrected chi connectivity index (χ2v) is 10.6. The lowest BCUT2D eigenvalue weighted by atomic mass is 9.91. The number of nitrogens with zero attached hydrogens (tertiary/aromatic N) is 2. The molecule has 5 rings (SSSR count).